The van der Waals surface area contributed by atoms with E-state index in [0.717, 1.165) is 0 Å². The summed E-state index contributed by atoms with van der Waals surface area (Å²) in [5, 5.41) is 0.518. The van der Waals surface area contributed by atoms with Crippen LogP contribution in [0, 0.1) is 5.82 Å². The molecular formula is C13H11ClFNO. The summed E-state index contributed by atoms with van der Waals surface area (Å²) < 4.78 is 14.9. The van der Waals surface area contributed by atoms with Gasteiger partial charge in [0.2, 0.25) is 0 Å². The number of rotatable bonds is 3. The molecule has 0 fully saturated rings. The standard InChI is InChI=1S/C13H11ClFNO/c1-9(17)10-4-5-16(7-10)8-11-6-12(15)2-3-13(11)14/h2-7H,8H2,1H3. The number of benzene rings is 1. The zero-order valence-electron chi connectivity index (χ0n) is 9.28. The van der Waals surface area contributed by atoms with E-state index in [2.05, 4.69) is 0 Å². The molecule has 2 nitrogen and oxygen atoms in total. The normalized spacial score (nSPS) is 10.5. The van der Waals surface area contributed by atoms with Crippen LogP contribution < -0.4 is 0 Å². The Kier molecular flexibility index (Phi) is 3.29. The predicted octanol–water partition coefficient (Wildman–Crippen LogP) is 3.53. The van der Waals surface area contributed by atoms with Crippen LogP contribution >= 0.6 is 11.6 Å². The van der Waals surface area contributed by atoms with E-state index in [1.165, 1.54) is 25.1 Å². The Morgan fingerprint density at radius 2 is 2.18 bits per heavy atom. The van der Waals surface area contributed by atoms with Gasteiger partial charge in [-0.05, 0) is 36.8 Å². The quantitative estimate of drug-likeness (QED) is 0.765. The van der Waals surface area contributed by atoms with Crippen LogP contribution in [0.25, 0.3) is 0 Å². The minimum absolute atomic E-state index is 0.00842. The van der Waals surface area contributed by atoms with Gasteiger partial charge in [0, 0.05) is 29.5 Å². The number of halogens is 2. The number of hydrogen-bond donors (Lipinski definition) is 0. The fourth-order valence-corrected chi connectivity index (χ4v) is 1.79. The summed E-state index contributed by atoms with van der Waals surface area (Å²) in [4.78, 5) is 11.1. The molecule has 0 spiro atoms. The van der Waals surface area contributed by atoms with Gasteiger partial charge in [0.15, 0.2) is 5.78 Å². The third kappa shape index (κ3) is 2.74. The molecule has 0 saturated carbocycles. The summed E-state index contributed by atoms with van der Waals surface area (Å²) in [7, 11) is 0. The molecule has 0 aliphatic carbocycles. The van der Waals surface area contributed by atoms with Gasteiger partial charge in [-0.2, -0.15) is 0 Å². The van der Waals surface area contributed by atoms with Crippen LogP contribution in [0.15, 0.2) is 36.7 Å². The summed E-state index contributed by atoms with van der Waals surface area (Å²) in [6.45, 7) is 1.96. The molecule has 0 radical (unpaired) electrons. The first kappa shape index (κ1) is 11.9. The molecule has 0 unspecified atom stereocenters. The number of carbonyl (C=O) groups is 1. The van der Waals surface area contributed by atoms with Gasteiger partial charge in [-0.3, -0.25) is 4.79 Å². The summed E-state index contributed by atoms with van der Waals surface area (Å²) in [6, 6.07) is 5.98. The van der Waals surface area contributed by atoms with Crippen molar-refractivity contribution in [3.8, 4) is 0 Å². The lowest BCUT2D eigenvalue weighted by atomic mass is 10.2. The van der Waals surface area contributed by atoms with Crippen molar-refractivity contribution in [1.29, 1.82) is 0 Å². The molecule has 0 bridgehead atoms. The van der Waals surface area contributed by atoms with Crippen molar-refractivity contribution < 1.29 is 9.18 Å². The molecule has 0 N–H and O–H groups in total. The summed E-state index contributed by atoms with van der Waals surface area (Å²) in [5.74, 6) is -0.308. The van der Waals surface area contributed by atoms with Gasteiger partial charge >= 0.3 is 0 Å². The van der Waals surface area contributed by atoms with Gasteiger partial charge in [-0.15, -0.1) is 0 Å². The fourth-order valence-electron chi connectivity index (χ4n) is 1.61. The topological polar surface area (TPSA) is 22.0 Å². The Hall–Kier alpha value is -1.61. The molecule has 17 heavy (non-hydrogen) atoms. The van der Waals surface area contributed by atoms with Gasteiger partial charge in [0.1, 0.15) is 5.82 Å². The van der Waals surface area contributed by atoms with E-state index >= 15 is 0 Å². The molecule has 0 aliphatic heterocycles. The Bertz CT molecular complexity index is 562. The highest BCUT2D eigenvalue weighted by Gasteiger charge is 2.05. The summed E-state index contributed by atoms with van der Waals surface area (Å²) >= 11 is 5.97. The Balaban J connectivity index is 2.25. The Labute approximate surface area is 104 Å². The van der Waals surface area contributed by atoms with Gasteiger partial charge in [-0.25, -0.2) is 4.39 Å². The molecule has 0 amide bonds. The lowest BCUT2D eigenvalue weighted by Gasteiger charge is -2.05. The highest BCUT2D eigenvalue weighted by molar-refractivity contribution is 6.31. The van der Waals surface area contributed by atoms with Crippen molar-refractivity contribution >= 4 is 17.4 Å². The maximum atomic E-state index is 13.1. The molecule has 0 aliphatic rings. The average Bonchev–Trinajstić information content (AvgIpc) is 2.72. The molecule has 4 heteroatoms. The van der Waals surface area contributed by atoms with Gasteiger partial charge in [-0.1, -0.05) is 11.6 Å². The zero-order valence-corrected chi connectivity index (χ0v) is 10.0. The first-order chi connectivity index (χ1) is 8.06. The van der Waals surface area contributed by atoms with Crippen molar-refractivity contribution in [3.63, 3.8) is 0 Å². The lowest BCUT2D eigenvalue weighted by molar-refractivity contribution is 0.101. The van der Waals surface area contributed by atoms with Crippen molar-refractivity contribution in [2.75, 3.05) is 0 Å². The second-order valence-corrected chi connectivity index (χ2v) is 4.27. The molecule has 88 valence electrons. The number of nitrogens with zero attached hydrogens (tertiary/aromatic N) is 1. The average molecular weight is 252 g/mol. The third-order valence-electron chi connectivity index (χ3n) is 2.52. The van der Waals surface area contributed by atoms with Crippen LogP contribution in [0.5, 0.6) is 0 Å². The second-order valence-electron chi connectivity index (χ2n) is 3.86. The maximum absolute atomic E-state index is 13.1. The number of carbonyl (C=O) groups excluding carboxylic acids is 1. The van der Waals surface area contributed by atoms with Crippen LogP contribution in [0.4, 0.5) is 4.39 Å². The third-order valence-corrected chi connectivity index (χ3v) is 2.89. The number of hydrogen-bond acceptors (Lipinski definition) is 1. The van der Waals surface area contributed by atoms with Crippen LogP contribution in [0.3, 0.4) is 0 Å². The zero-order chi connectivity index (χ0) is 12.4. The fraction of sp³-hybridized carbons (Fsp3) is 0.154. The largest absolute Gasteiger partial charge is 0.349 e. The highest BCUT2D eigenvalue weighted by Crippen LogP contribution is 2.18. The first-order valence-corrected chi connectivity index (χ1v) is 5.54. The summed E-state index contributed by atoms with van der Waals surface area (Å²) in [5.41, 5.74) is 1.33. The molecular weight excluding hydrogens is 241 g/mol. The monoisotopic (exact) mass is 251 g/mol. The minimum Gasteiger partial charge on any atom is -0.349 e. The molecule has 0 atom stereocenters. The van der Waals surface area contributed by atoms with Crippen LogP contribution in [-0.2, 0) is 6.54 Å². The SMILES string of the molecule is CC(=O)c1ccn(Cc2cc(F)ccc2Cl)c1. The molecule has 1 aromatic heterocycles. The van der Waals surface area contributed by atoms with E-state index in [-0.39, 0.29) is 11.6 Å². The van der Waals surface area contributed by atoms with Gasteiger partial charge in [0.25, 0.3) is 0 Å². The predicted molar refractivity (Wildman–Crippen MR) is 64.9 cm³/mol. The number of aromatic nitrogens is 1. The van der Waals surface area contributed by atoms with Crippen molar-refractivity contribution in [2.24, 2.45) is 0 Å². The van der Waals surface area contributed by atoms with Gasteiger partial charge in [0.05, 0.1) is 0 Å². The smallest absolute Gasteiger partial charge is 0.161 e. The van der Waals surface area contributed by atoms with Gasteiger partial charge < -0.3 is 4.57 Å². The number of ketones is 1. The van der Waals surface area contributed by atoms with E-state index < -0.39 is 0 Å². The van der Waals surface area contributed by atoms with E-state index in [4.69, 9.17) is 11.6 Å². The molecule has 1 heterocycles. The van der Waals surface area contributed by atoms with Crippen LogP contribution in [0.2, 0.25) is 5.02 Å². The Morgan fingerprint density at radius 1 is 1.41 bits per heavy atom. The number of Topliss-reactive ketones (excluding diaryl/α,β-unsaturated/α-hetero) is 1. The van der Waals surface area contributed by atoms with Crippen molar-refractivity contribution in [2.45, 2.75) is 13.5 Å². The molecule has 1 aromatic carbocycles. The minimum atomic E-state index is -0.316. The van der Waals surface area contributed by atoms with Crippen molar-refractivity contribution in [3.05, 3.63) is 58.6 Å². The van der Waals surface area contributed by atoms with E-state index in [9.17, 15) is 9.18 Å². The second kappa shape index (κ2) is 4.72. The van der Waals surface area contributed by atoms with E-state index in [0.29, 0.717) is 22.7 Å². The maximum Gasteiger partial charge on any atom is 0.161 e. The van der Waals surface area contributed by atoms with E-state index in [1.54, 1.807) is 23.0 Å². The lowest BCUT2D eigenvalue weighted by Crippen LogP contribution is -1.98. The molecule has 2 rings (SSSR count). The van der Waals surface area contributed by atoms with E-state index in [1.807, 2.05) is 0 Å². The highest BCUT2D eigenvalue weighted by atomic mass is 35.5. The van der Waals surface area contributed by atoms with Crippen LogP contribution in [0.1, 0.15) is 22.8 Å². The molecule has 2 aromatic rings. The Morgan fingerprint density at radius 3 is 2.82 bits per heavy atom. The molecule has 0 saturated heterocycles. The summed E-state index contributed by atoms with van der Waals surface area (Å²) in [6.07, 6.45) is 3.50. The first-order valence-electron chi connectivity index (χ1n) is 5.17. The van der Waals surface area contributed by atoms with Crippen LogP contribution in [-0.4, -0.2) is 10.4 Å². The van der Waals surface area contributed by atoms with Crippen molar-refractivity contribution in [1.82, 2.24) is 4.57 Å².